The Kier molecular flexibility index (Phi) is 10.6. The largest absolute Gasteiger partial charge is 0.415 e. The van der Waals surface area contributed by atoms with Gasteiger partial charge in [-0.05, 0) is 32.5 Å². The van der Waals surface area contributed by atoms with Crippen LogP contribution >= 0.6 is 0 Å². The molecule has 0 saturated carbocycles. The average molecular weight is 429 g/mol. The summed E-state index contributed by atoms with van der Waals surface area (Å²) < 4.78 is 6.95. The van der Waals surface area contributed by atoms with Crippen molar-refractivity contribution < 1.29 is 4.43 Å². The van der Waals surface area contributed by atoms with Crippen LogP contribution in [0.1, 0.15) is 97.3 Å². The van der Waals surface area contributed by atoms with Crippen molar-refractivity contribution >= 4 is 22.5 Å². The van der Waals surface area contributed by atoms with Gasteiger partial charge in [0.05, 0.1) is 12.7 Å². The molecular formula is C23H52OSi3. The van der Waals surface area contributed by atoms with Crippen molar-refractivity contribution in [2.45, 2.75) is 148 Å². The first kappa shape index (κ1) is 25.6. The third-order valence-corrected chi connectivity index (χ3v) is 48.6. The average Bonchev–Trinajstić information content (AvgIpc) is 2.53. The molecule has 162 valence electrons. The monoisotopic (exact) mass is 428 g/mol. The lowest BCUT2D eigenvalue weighted by molar-refractivity contribution is 0.0877. The van der Waals surface area contributed by atoms with Crippen LogP contribution < -0.4 is 0 Å². The fourth-order valence-electron chi connectivity index (χ4n) is 5.23. The Hall–Kier alpha value is 0.611. The van der Waals surface area contributed by atoms with E-state index >= 15 is 0 Å². The Labute approximate surface area is 175 Å². The van der Waals surface area contributed by atoms with Gasteiger partial charge in [-0.3, -0.25) is 0 Å². The molecule has 1 aliphatic rings. The maximum absolute atomic E-state index is 6.95. The van der Waals surface area contributed by atoms with Crippen molar-refractivity contribution in [3.8, 4) is 0 Å². The van der Waals surface area contributed by atoms with Gasteiger partial charge in [-0.1, -0.05) is 110 Å². The second-order valence-corrected chi connectivity index (χ2v) is 38.7. The summed E-state index contributed by atoms with van der Waals surface area (Å²) in [5, 5.41) is 0. The molecule has 1 fully saturated rings. The molecule has 0 aromatic carbocycles. The summed E-state index contributed by atoms with van der Waals surface area (Å²) in [4.78, 5) is 0. The van der Waals surface area contributed by atoms with E-state index in [1.807, 2.05) is 0 Å². The smallest absolute Gasteiger partial charge is 0.172 e. The zero-order valence-corrected chi connectivity index (χ0v) is 23.3. The van der Waals surface area contributed by atoms with Crippen LogP contribution in [0.3, 0.4) is 0 Å². The minimum Gasteiger partial charge on any atom is -0.415 e. The molecule has 4 heteroatoms. The molecule has 0 aromatic heterocycles. The van der Waals surface area contributed by atoms with Gasteiger partial charge in [0.25, 0.3) is 0 Å². The van der Waals surface area contributed by atoms with E-state index in [9.17, 15) is 0 Å². The van der Waals surface area contributed by atoms with Crippen LogP contribution in [-0.2, 0) is 4.43 Å². The normalized spacial score (nSPS) is 26.2. The van der Waals surface area contributed by atoms with Crippen LogP contribution in [0.25, 0.3) is 0 Å². The lowest BCUT2D eigenvalue weighted by atomic mass is 9.99. The maximum atomic E-state index is 6.95. The van der Waals surface area contributed by atoms with E-state index in [1.165, 1.54) is 89.5 Å². The summed E-state index contributed by atoms with van der Waals surface area (Å²) in [5.74, 6) is 0. The highest BCUT2D eigenvalue weighted by atomic mass is 29.6. The van der Waals surface area contributed by atoms with Crippen molar-refractivity contribution in [1.82, 2.24) is 0 Å². The van der Waals surface area contributed by atoms with Gasteiger partial charge < -0.3 is 4.43 Å². The van der Waals surface area contributed by atoms with Crippen LogP contribution in [0.4, 0.5) is 0 Å². The molecule has 0 aliphatic carbocycles. The number of hydrogen-bond acceptors (Lipinski definition) is 1. The molecule has 1 rings (SSSR count). The van der Waals surface area contributed by atoms with Crippen LogP contribution in [0, 0.1) is 0 Å². The molecule has 0 bridgehead atoms. The van der Waals surface area contributed by atoms with E-state index in [0.29, 0.717) is 0 Å². The minimum atomic E-state index is -1.49. The van der Waals surface area contributed by atoms with Gasteiger partial charge in [-0.15, -0.1) is 0 Å². The predicted octanol–water partition coefficient (Wildman–Crippen LogP) is 8.65. The van der Waals surface area contributed by atoms with Gasteiger partial charge in [0.2, 0.25) is 0 Å². The highest BCUT2D eigenvalue weighted by Gasteiger charge is 2.61. The second kappa shape index (κ2) is 11.1. The SMILES string of the molecule is CCCCCCCCCCCCCCC1(C)C[Si](C)(C)[Si](C)(C)[Si](C)(C)O1. The zero-order valence-electron chi connectivity index (χ0n) is 20.3. The van der Waals surface area contributed by atoms with Gasteiger partial charge in [0.15, 0.2) is 7.83 Å². The first-order chi connectivity index (χ1) is 12.5. The molecule has 0 aromatic rings. The maximum Gasteiger partial charge on any atom is 0.172 e. The third kappa shape index (κ3) is 7.75. The number of unbranched alkanes of at least 4 members (excludes halogenated alkanes) is 11. The highest BCUT2D eigenvalue weighted by molar-refractivity contribution is 7.67. The molecule has 0 amide bonds. The van der Waals surface area contributed by atoms with Gasteiger partial charge in [0, 0.05) is 7.59 Å². The van der Waals surface area contributed by atoms with Crippen LogP contribution in [-0.4, -0.2) is 28.1 Å². The Balaban J connectivity index is 2.18. The molecule has 1 nitrogen and oxygen atoms in total. The van der Waals surface area contributed by atoms with Gasteiger partial charge in [0.1, 0.15) is 0 Å². The lowest BCUT2D eigenvalue weighted by Crippen LogP contribution is -2.78. The van der Waals surface area contributed by atoms with Gasteiger partial charge >= 0.3 is 0 Å². The molecule has 1 saturated heterocycles. The molecule has 1 aliphatic heterocycles. The topological polar surface area (TPSA) is 9.23 Å². The molecular weight excluding hydrogens is 377 g/mol. The molecule has 0 N–H and O–H groups in total. The van der Waals surface area contributed by atoms with Crippen molar-refractivity contribution in [2.24, 2.45) is 0 Å². The lowest BCUT2D eigenvalue weighted by Gasteiger charge is -2.58. The van der Waals surface area contributed by atoms with Crippen LogP contribution in [0.15, 0.2) is 0 Å². The second-order valence-electron chi connectivity index (χ2n) is 11.4. The quantitative estimate of drug-likeness (QED) is 0.210. The van der Waals surface area contributed by atoms with Crippen molar-refractivity contribution in [3.63, 3.8) is 0 Å². The molecule has 0 spiro atoms. The van der Waals surface area contributed by atoms with E-state index < -0.39 is 22.5 Å². The van der Waals surface area contributed by atoms with E-state index in [2.05, 4.69) is 53.1 Å². The van der Waals surface area contributed by atoms with Crippen LogP contribution in [0.5, 0.6) is 0 Å². The zero-order chi connectivity index (χ0) is 20.6. The first-order valence-corrected chi connectivity index (χ1v) is 23.3. The van der Waals surface area contributed by atoms with E-state index in [4.69, 9.17) is 4.43 Å². The third-order valence-electron chi connectivity index (χ3n) is 8.07. The fraction of sp³-hybridized carbons (Fsp3) is 1.00. The summed E-state index contributed by atoms with van der Waals surface area (Å²) >= 11 is 0. The first-order valence-electron chi connectivity index (χ1n) is 12.2. The molecule has 27 heavy (non-hydrogen) atoms. The van der Waals surface area contributed by atoms with E-state index in [0.717, 1.165) is 0 Å². The number of rotatable bonds is 13. The van der Waals surface area contributed by atoms with Crippen molar-refractivity contribution in [2.75, 3.05) is 0 Å². The Morgan fingerprint density at radius 2 is 1.07 bits per heavy atom. The van der Waals surface area contributed by atoms with Crippen molar-refractivity contribution in [1.29, 1.82) is 0 Å². The van der Waals surface area contributed by atoms with Gasteiger partial charge in [-0.2, -0.15) is 0 Å². The van der Waals surface area contributed by atoms with E-state index in [-0.39, 0.29) is 5.60 Å². The highest BCUT2D eigenvalue weighted by Crippen LogP contribution is 2.45. The minimum absolute atomic E-state index is 0.201. The predicted molar refractivity (Wildman–Crippen MR) is 132 cm³/mol. The Bertz CT molecular complexity index is 398. The molecule has 1 atom stereocenters. The summed E-state index contributed by atoms with van der Waals surface area (Å²) in [6.45, 7) is 20.5. The standard InChI is InChI=1S/C23H52OSi3/c1-9-10-11-12-13-14-15-16-17-18-19-20-21-23(2)22-25(3,4)27(7,8)26(5,6)24-23/h9-22H2,1-8H3. The summed E-state index contributed by atoms with van der Waals surface area (Å²) in [6, 6.07) is 1.41. The molecule has 1 heterocycles. The Morgan fingerprint density at radius 1 is 0.667 bits per heavy atom. The van der Waals surface area contributed by atoms with E-state index in [1.54, 1.807) is 0 Å². The molecule has 0 radical (unpaired) electrons. The summed E-state index contributed by atoms with van der Waals surface area (Å²) in [5.41, 5.74) is 0.201. The van der Waals surface area contributed by atoms with Crippen molar-refractivity contribution in [3.05, 3.63) is 0 Å². The van der Waals surface area contributed by atoms with Gasteiger partial charge in [-0.25, -0.2) is 0 Å². The fourth-order valence-corrected chi connectivity index (χ4v) is 36.0. The Morgan fingerprint density at radius 3 is 1.48 bits per heavy atom. The van der Waals surface area contributed by atoms with Crippen LogP contribution in [0.2, 0.25) is 45.3 Å². The summed E-state index contributed by atoms with van der Waals surface area (Å²) in [6.07, 6.45) is 18.6. The molecule has 1 unspecified atom stereocenters. The summed E-state index contributed by atoms with van der Waals surface area (Å²) in [7, 11) is -3.77. The number of hydrogen-bond donors (Lipinski definition) is 0.